The van der Waals surface area contributed by atoms with Gasteiger partial charge in [0.1, 0.15) is 16.9 Å². The van der Waals surface area contributed by atoms with Gasteiger partial charge >= 0.3 is 0 Å². The molecule has 27 heavy (non-hydrogen) atoms. The van der Waals surface area contributed by atoms with Crippen molar-refractivity contribution >= 4 is 17.2 Å². The van der Waals surface area contributed by atoms with Crippen molar-refractivity contribution in [3.05, 3.63) is 76.5 Å². The van der Waals surface area contributed by atoms with Gasteiger partial charge in [-0.05, 0) is 25.1 Å². The highest BCUT2D eigenvalue weighted by molar-refractivity contribution is 7.13. The molecule has 3 aromatic rings. The van der Waals surface area contributed by atoms with Crippen LogP contribution in [0.4, 0.5) is 4.39 Å². The Hall–Kier alpha value is -2.57. The number of nitrogens with zero attached hydrogens (tertiary/aromatic N) is 2. The van der Waals surface area contributed by atoms with Gasteiger partial charge in [0.2, 0.25) is 0 Å². The van der Waals surface area contributed by atoms with Gasteiger partial charge in [0, 0.05) is 34.3 Å². The molecule has 1 aromatic heterocycles. The third-order valence-electron chi connectivity index (χ3n) is 4.58. The van der Waals surface area contributed by atoms with E-state index in [4.69, 9.17) is 4.74 Å². The number of hydrogen-bond donors (Lipinski definition) is 0. The largest absolute Gasteiger partial charge is 0.370 e. The maximum Gasteiger partial charge on any atom is 0.254 e. The van der Waals surface area contributed by atoms with Gasteiger partial charge in [-0.1, -0.05) is 30.3 Å². The van der Waals surface area contributed by atoms with Crippen molar-refractivity contribution in [3.8, 4) is 10.6 Å². The molecule has 1 fully saturated rings. The number of aryl methyl sites for hydroxylation is 1. The summed E-state index contributed by atoms with van der Waals surface area (Å²) >= 11 is 1.56. The molecular formula is C21H19FN2O2S. The molecule has 0 aliphatic carbocycles. The third kappa shape index (κ3) is 3.77. The fourth-order valence-electron chi connectivity index (χ4n) is 3.21. The van der Waals surface area contributed by atoms with E-state index in [2.05, 4.69) is 4.98 Å². The minimum atomic E-state index is -0.450. The quantitative estimate of drug-likeness (QED) is 0.671. The van der Waals surface area contributed by atoms with E-state index in [-0.39, 0.29) is 11.7 Å². The van der Waals surface area contributed by atoms with Crippen molar-refractivity contribution in [1.29, 1.82) is 0 Å². The molecule has 0 bridgehead atoms. The molecular weight excluding hydrogens is 363 g/mol. The summed E-state index contributed by atoms with van der Waals surface area (Å²) < 4.78 is 19.8. The molecule has 1 aliphatic rings. The monoisotopic (exact) mass is 382 g/mol. The summed E-state index contributed by atoms with van der Waals surface area (Å²) in [4.78, 5) is 19.2. The van der Waals surface area contributed by atoms with Gasteiger partial charge in [0.05, 0.1) is 13.2 Å². The summed E-state index contributed by atoms with van der Waals surface area (Å²) in [6, 6.07) is 14.1. The molecule has 1 unspecified atom stereocenters. The number of rotatable bonds is 3. The molecule has 138 valence electrons. The molecule has 4 rings (SSSR count). The van der Waals surface area contributed by atoms with E-state index in [0.717, 1.165) is 16.3 Å². The number of amides is 1. The Labute approximate surface area is 161 Å². The Kier molecular flexibility index (Phi) is 5.01. The van der Waals surface area contributed by atoms with Gasteiger partial charge in [-0.2, -0.15) is 0 Å². The second kappa shape index (κ2) is 7.58. The minimum Gasteiger partial charge on any atom is -0.370 e. The number of carbonyl (C=O) groups excluding carboxylic acids is 1. The van der Waals surface area contributed by atoms with Crippen molar-refractivity contribution in [2.24, 2.45) is 0 Å². The van der Waals surface area contributed by atoms with E-state index in [0.29, 0.717) is 30.8 Å². The van der Waals surface area contributed by atoms with Crippen LogP contribution in [0.3, 0.4) is 0 Å². The SMILES string of the molecule is Cc1csc(-c2cccc(C(=O)N3CCOC(c4ccccc4F)C3)c2)n1. The molecule has 2 heterocycles. The summed E-state index contributed by atoms with van der Waals surface area (Å²) in [5.74, 6) is -0.382. The zero-order valence-electron chi connectivity index (χ0n) is 14.9. The second-order valence-electron chi connectivity index (χ2n) is 6.51. The first-order chi connectivity index (χ1) is 13.1. The Bertz CT molecular complexity index is 972. The number of benzene rings is 2. The predicted molar refractivity (Wildman–Crippen MR) is 103 cm³/mol. The molecule has 0 N–H and O–H groups in total. The van der Waals surface area contributed by atoms with Gasteiger partial charge < -0.3 is 9.64 Å². The first-order valence-corrected chi connectivity index (χ1v) is 9.67. The van der Waals surface area contributed by atoms with Crippen LogP contribution < -0.4 is 0 Å². The average Bonchev–Trinajstić information content (AvgIpc) is 3.14. The standard InChI is InChI=1S/C21H19FN2O2S/c1-14-13-27-20(23-14)15-5-4-6-16(11-15)21(25)24-9-10-26-19(12-24)17-7-2-3-8-18(17)22/h2-8,11,13,19H,9-10,12H2,1H3. The number of carbonyl (C=O) groups is 1. The van der Waals surface area contributed by atoms with Crippen molar-refractivity contribution in [3.63, 3.8) is 0 Å². The highest BCUT2D eigenvalue weighted by atomic mass is 32.1. The molecule has 4 nitrogen and oxygen atoms in total. The number of thiazole rings is 1. The lowest BCUT2D eigenvalue weighted by Crippen LogP contribution is -2.42. The van der Waals surface area contributed by atoms with Crippen LogP contribution in [0, 0.1) is 12.7 Å². The molecule has 6 heteroatoms. The summed E-state index contributed by atoms with van der Waals surface area (Å²) in [5.41, 5.74) is 2.99. The fraction of sp³-hybridized carbons (Fsp3) is 0.238. The minimum absolute atomic E-state index is 0.0743. The van der Waals surface area contributed by atoms with Gasteiger partial charge in [0.15, 0.2) is 0 Å². The lowest BCUT2D eigenvalue weighted by molar-refractivity contribution is -0.0243. The van der Waals surface area contributed by atoms with E-state index in [1.807, 2.05) is 30.5 Å². The zero-order valence-corrected chi connectivity index (χ0v) is 15.7. The van der Waals surface area contributed by atoms with E-state index >= 15 is 0 Å². The fourth-order valence-corrected chi connectivity index (χ4v) is 4.01. The highest BCUT2D eigenvalue weighted by Gasteiger charge is 2.27. The molecule has 0 saturated carbocycles. The van der Waals surface area contributed by atoms with Crippen molar-refractivity contribution in [2.75, 3.05) is 19.7 Å². The Morgan fingerprint density at radius 2 is 2.11 bits per heavy atom. The Morgan fingerprint density at radius 1 is 1.26 bits per heavy atom. The average molecular weight is 382 g/mol. The molecule has 0 spiro atoms. The number of halogens is 1. The van der Waals surface area contributed by atoms with Crippen LogP contribution in [-0.4, -0.2) is 35.5 Å². The van der Waals surface area contributed by atoms with Crippen LogP contribution in [0.2, 0.25) is 0 Å². The second-order valence-corrected chi connectivity index (χ2v) is 7.37. The third-order valence-corrected chi connectivity index (χ3v) is 5.59. The van der Waals surface area contributed by atoms with Gasteiger partial charge in [-0.25, -0.2) is 9.37 Å². The molecule has 1 amide bonds. The molecule has 1 atom stereocenters. The highest BCUT2D eigenvalue weighted by Crippen LogP contribution is 2.27. The molecule has 1 saturated heterocycles. The number of ether oxygens (including phenoxy) is 1. The summed E-state index contributed by atoms with van der Waals surface area (Å²) in [7, 11) is 0. The summed E-state index contributed by atoms with van der Waals surface area (Å²) in [5, 5.41) is 2.89. The summed E-state index contributed by atoms with van der Waals surface area (Å²) in [6.45, 7) is 3.16. The van der Waals surface area contributed by atoms with Crippen molar-refractivity contribution in [1.82, 2.24) is 9.88 Å². The lowest BCUT2D eigenvalue weighted by atomic mass is 10.1. The van der Waals surface area contributed by atoms with Crippen LogP contribution >= 0.6 is 11.3 Å². The topological polar surface area (TPSA) is 42.4 Å². The van der Waals surface area contributed by atoms with E-state index < -0.39 is 6.10 Å². The van der Waals surface area contributed by atoms with E-state index in [1.54, 1.807) is 40.5 Å². The van der Waals surface area contributed by atoms with Crippen molar-refractivity contribution < 1.29 is 13.9 Å². The summed E-state index contributed by atoms with van der Waals surface area (Å²) in [6.07, 6.45) is -0.450. The Morgan fingerprint density at radius 3 is 2.89 bits per heavy atom. The first-order valence-electron chi connectivity index (χ1n) is 8.79. The van der Waals surface area contributed by atoms with Crippen LogP contribution in [0.1, 0.15) is 27.7 Å². The molecule has 0 radical (unpaired) electrons. The Balaban J connectivity index is 1.55. The molecule has 2 aromatic carbocycles. The van der Waals surface area contributed by atoms with Crippen LogP contribution in [0.25, 0.3) is 10.6 Å². The van der Waals surface area contributed by atoms with Gasteiger partial charge in [0.25, 0.3) is 5.91 Å². The van der Waals surface area contributed by atoms with E-state index in [9.17, 15) is 9.18 Å². The predicted octanol–water partition coefficient (Wildman–Crippen LogP) is 4.47. The lowest BCUT2D eigenvalue weighted by Gasteiger charge is -2.33. The smallest absolute Gasteiger partial charge is 0.254 e. The van der Waals surface area contributed by atoms with Crippen LogP contribution in [0.15, 0.2) is 53.9 Å². The van der Waals surface area contributed by atoms with Crippen LogP contribution in [0.5, 0.6) is 0 Å². The number of hydrogen-bond acceptors (Lipinski definition) is 4. The van der Waals surface area contributed by atoms with Gasteiger partial charge in [-0.3, -0.25) is 4.79 Å². The van der Waals surface area contributed by atoms with Crippen molar-refractivity contribution in [2.45, 2.75) is 13.0 Å². The van der Waals surface area contributed by atoms with Gasteiger partial charge in [-0.15, -0.1) is 11.3 Å². The number of morpholine rings is 1. The molecule has 1 aliphatic heterocycles. The maximum atomic E-state index is 14.1. The normalized spacial score (nSPS) is 17.1. The number of aromatic nitrogens is 1. The zero-order chi connectivity index (χ0) is 18.8. The van der Waals surface area contributed by atoms with Crippen LogP contribution in [-0.2, 0) is 4.74 Å². The first kappa shape index (κ1) is 17.8. The van der Waals surface area contributed by atoms with E-state index in [1.165, 1.54) is 6.07 Å². The maximum absolute atomic E-state index is 14.1.